The number of halogens is 4. The Morgan fingerprint density at radius 2 is 1.80 bits per heavy atom. The van der Waals surface area contributed by atoms with Crippen molar-refractivity contribution in [3.8, 4) is 0 Å². The summed E-state index contributed by atoms with van der Waals surface area (Å²) >= 11 is 0. The second-order valence-electron chi connectivity index (χ2n) is 12.2. The molecule has 4 aromatic rings. The van der Waals surface area contributed by atoms with Crippen molar-refractivity contribution in [2.75, 3.05) is 23.3 Å². The standard InChI is InChI=1S/C34H32F4N4O2/c1-33(2)16-27-31(29(43)17-33)32(20-7-9-22(10-8-20)34(36,37)38)42(28-6-4-3-5-26(28)41-27)19-30(44)39-14-13-21-18-40-25-12-11-23(35)15-24(21)25/h3-12,15,18,32,40-41H,13-14,16-17,19H2,1-2H3,(H,39,44). The Bertz CT molecular complexity index is 1770. The Hall–Kier alpha value is -4.60. The van der Waals surface area contributed by atoms with Crippen LogP contribution in [-0.4, -0.2) is 29.8 Å². The molecular weight excluding hydrogens is 572 g/mol. The molecule has 1 unspecified atom stereocenters. The molecule has 1 aromatic heterocycles. The third-order valence-electron chi connectivity index (χ3n) is 8.32. The van der Waals surface area contributed by atoms with Crippen LogP contribution in [0.15, 0.2) is 84.2 Å². The van der Waals surface area contributed by atoms with Gasteiger partial charge in [0, 0.05) is 41.3 Å². The molecule has 3 aromatic carbocycles. The zero-order chi connectivity index (χ0) is 31.2. The molecule has 0 spiro atoms. The van der Waals surface area contributed by atoms with Crippen molar-refractivity contribution in [3.63, 3.8) is 0 Å². The molecule has 228 valence electrons. The number of allylic oxidation sites excluding steroid dienone is 1. The molecule has 10 heteroatoms. The van der Waals surface area contributed by atoms with Crippen LogP contribution in [0.3, 0.4) is 0 Å². The summed E-state index contributed by atoms with van der Waals surface area (Å²) in [6.45, 7) is 4.14. The number of ketones is 1. The number of amides is 1. The lowest BCUT2D eigenvalue weighted by molar-refractivity contribution is -0.137. The molecule has 0 fully saturated rings. The van der Waals surface area contributed by atoms with E-state index in [0.29, 0.717) is 41.1 Å². The van der Waals surface area contributed by atoms with Gasteiger partial charge in [-0.3, -0.25) is 9.59 Å². The van der Waals surface area contributed by atoms with Crippen LogP contribution in [0.4, 0.5) is 28.9 Å². The molecular formula is C34H32F4N4O2. The van der Waals surface area contributed by atoms with Gasteiger partial charge in [0.15, 0.2) is 5.78 Å². The van der Waals surface area contributed by atoms with Gasteiger partial charge in [0.2, 0.25) is 5.91 Å². The Kier molecular flexibility index (Phi) is 7.47. The zero-order valence-electron chi connectivity index (χ0n) is 24.3. The first-order chi connectivity index (χ1) is 20.9. The molecule has 1 aliphatic carbocycles. The van der Waals surface area contributed by atoms with Gasteiger partial charge >= 0.3 is 6.18 Å². The molecule has 1 atom stereocenters. The van der Waals surface area contributed by atoms with Gasteiger partial charge in [-0.1, -0.05) is 38.1 Å². The predicted octanol–water partition coefficient (Wildman–Crippen LogP) is 7.30. The number of H-pyrrole nitrogens is 1. The summed E-state index contributed by atoms with van der Waals surface area (Å²) in [6.07, 6.45) is -1.44. The molecule has 2 aliphatic rings. The molecule has 3 N–H and O–H groups in total. The smallest absolute Gasteiger partial charge is 0.361 e. The molecule has 0 saturated heterocycles. The van der Waals surface area contributed by atoms with Gasteiger partial charge in [-0.2, -0.15) is 13.2 Å². The molecule has 0 saturated carbocycles. The van der Waals surface area contributed by atoms with E-state index in [0.717, 1.165) is 28.6 Å². The average Bonchev–Trinajstić information content (AvgIpc) is 3.29. The number of rotatable bonds is 6. The number of fused-ring (bicyclic) bond motifs is 2. The quantitative estimate of drug-likeness (QED) is 0.202. The SMILES string of the molecule is CC1(C)CC(=O)C2=C(C1)Nc1ccccc1N(CC(=O)NCCc1c[nH]c3ccc(F)cc13)C2c1ccc(C(F)(F)F)cc1. The lowest BCUT2D eigenvalue weighted by Crippen LogP contribution is -2.42. The maximum Gasteiger partial charge on any atom is 0.416 e. The van der Waals surface area contributed by atoms with Crippen LogP contribution in [0.25, 0.3) is 10.9 Å². The number of hydrogen-bond donors (Lipinski definition) is 3. The van der Waals surface area contributed by atoms with E-state index >= 15 is 0 Å². The maximum absolute atomic E-state index is 13.8. The highest BCUT2D eigenvalue weighted by Crippen LogP contribution is 2.48. The third-order valence-corrected chi connectivity index (χ3v) is 8.32. The number of para-hydroxylation sites is 2. The molecule has 0 radical (unpaired) electrons. The van der Waals surface area contributed by atoms with E-state index < -0.39 is 17.8 Å². The van der Waals surface area contributed by atoms with E-state index in [1.807, 2.05) is 38.1 Å². The normalized spacial score (nSPS) is 18.0. The number of anilines is 2. The predicted molar refractivity (Wildman–Crippen MR) is 162 cm³/mol. The van der Waals surface area contributed by atoms with Crippen LogP contribution in [0.2, 0.25) is 0 Å². The summed E-state index contributed by atoms with van der Waals surface area (Å²) in [5.74, 6) is -0.784. The van der Waals surface area contributed by atoms with E-state index in [1.165, 1.54) is 24.3 Å². The number of benzene rings is 3. The van der Waals surface area contributed by atoms with Crippen molar-refractivity contribution >= 4 is 34.0 Å². The van der Waals surface area contributed by atoms with E-state index in [-0.39, 0.29) is 42.4 Å². The number of nitrogens with one attached hydrogen (secondary N) is 3. The van der Waals surface area contributed by atoms with Crippen molar-refractivity contribution in [2.45, 2.75) is 45.3 Å². The summed E-state index contributed by atoms with van der Waals surface area (Å²) in [5, 5.41) is 7.12. The van der Waals surface area contributed by atoms with E-state index in [1.54, 1.807) is 17.2 Å². The van der Waals surface area contributed by atoms with Gasteiger partial charge in [-0.15, -0.1) is 0 Å². The van der Waals surface area contributed by atoms with Gasteiger partial charge in [-0.25, -0.2) is 4.39 Å². The molecule has 1 aliphatic heterocycles. The number of aromatic amines is 1. The van der Waals surface area contributed by atoms with Crippen molar-refractivity contribution in [3.05, 3.63) is 107 Å². The summed E-state index contributed by atoms with van der Waals surface area (Å²) in [4.78, 5) is 32.2. The number of alkyl halides is 3. The van der Waals surface area contributed by atoms with Crippen LogP contribution in [0, 0.1) is 11.2 Å². The van der Waals surface area contributed by atoms with E-state index in [2.05, 4.69) is 15.6 Å². The Morgan fingerprint density at radius 3 is 2.55 bits per heavy atom. The third kappa shape index (κ3) is 5.80. The molecule has 2 heterocycles. The fourth-order valence-electron chi connectivity index (χ4n) is 6.33. The Balaban J connectivity index is 1.34. The fourth-order valence-corrected chi connectivity index (χ4v) is 6.33. The second-order valence-corrected chi connectivity index (χ2v) is 12.2. The van der Waals surface area contributed by atoms with Crippen molar-refractivity contribution < 1.29 is 27.2 Å². The largest absolute Gasteiger partial charge is 0.416 e. The van der Waals surface area contributed by atoms with Crippen LogP contribution in [0.5, 0.6) is 0 Å². The van der Waals surface area contributed by atoms with E-state index in [9.17, 15) is 27.2 Å². The minimum Gasteiger partial charge on any atom is -0.361 e. The topological polar surface area (TPSA) is 77.2 Å². The first kappa shape index (κ1) is 29.5. The first-order valence-corrected chi connectivity index (χ1v) is 14.5. The minimum atomic E-state index is -4.51. The van der Waals surface area contributed by atoms with Gasteiger partial charge in [0.1, 0.15) is 5.82 Å². The minimum absolute atomic E-state index is 0.113. The monoisotopic (exact) mass is 604 g/mol. The number of hydrogen-bond acceptors (Lipinski definition) is 4. The molecule has 1 amide bonds. The number of carbonyl (C=O) groups excluding carboxylic acids is 2. The number of carbonyl (C=O) groups is 2. The number of aromatic nitrogens is 1. The highest BCUT2D eigenvalue weighted by Gasteiger charge is 2.42. The van der Waals surface area contributed by atoms with Gasteiger partial charge < -0.3 is 20.5 Å². The summed E-state index contributed by atoms with van der Waals surface area (Å²) in [7, 11) is 0. The Labute approximate surface area is 252 Å². The average molecular weight is 605 g/mol. The van der Waals surface area contributed by atoms with Crippen molar-refractivity contribution in [2.24, 2.45) is 5.41 Å². The highest BCUT2D eigenvalue weighted by molar-refractivity contribution is 6.02. The number of nitrogens with zero attached hydrogens (tertiary/aromatic N) is 1. The van der Waals surface area contributed by atoms with Crippen LogP contribution in [-0.2, 0) is 22.2 Å². The second kappa shape index (κ2) is 11.2. The molecule has 6 nitrogen and oxygen atoms in total. The van der Waals surface area contributed by atoms with Gasteiger partial charge in [0.05, 0.1) is 29.5 Å². The number of Topliss-reactive ketones (excluding diaryl/α,β-unsaturated/α-hetero) is 1. The highest BCUT2D eigenvalue weighted by atomic mass is 19.4. The van der Waals surface area contributed by atoms with Crippen LogP contribution < -0.4 is 15.5 Å². The Morgan fingerprint density at radius 1 is 1.05 bits per heavy atom. The summed E-state index contributed by atoms with van der Waals surface area (Å²) < 4.78 is 54.2. The molecule has 0 bridgehead atoms. The fraction of sp³-hybridized carbons (Fsp3) is 0.294. The molecule has 6 rings (SSSR count). The van der Waals surface area contributed by atoms with Crippen LogP contribution >= 0.6 is 0 Å². The van der Waals surface area contributed by atoms with Crippen molar-refractivity contribution in [1.29, 1.82) is 0 Å². The summed E-state index contributed by atoms with van der Waals surface area (Å²) in [6, 6.07) is 15.9. The lowest BCUT2D eigenvalue weighted by atomic mass is 9.73. The first-order valence-electron chi connectivity index (χ1n) is 14.5. The van der Waals surface area contributed by atoms with Crippen molar-refractivity contribution in [1.82, 2.24) is 10.3 Å². The van der Waals surface area contributed by atoms with E-state index in [4.69, 9.17) is 0 Å². The van der Waals surface area contributed by atoms with Gasteiger partial charge in [-0.05, 0) is 71.8 Å². The lowest BCUT2D eigenvalue weighted by Gasteiger charge is -2.38. The zero-order valence-corrected chi connectivity index (χ0v) is 24.3. The molecule has 44 heavy (non-hydrogen) atoms. The van der Waals surface area contributed by atoms with Crippen LogP contribution in [0.1, 0.15) is 49.4 Å². The summed E-state index contributed by atoms with van der Waals surface area (Å²) in [5.41, 5.74) is 3.54. The maximum atomic E-state index is 13.8. The van der Waals surface area contributed by atoms with Gasteiger partial charge in [0.25, 0.3) is 0 Å².